The van der Waals surface area contributed by atoms with Gasteiger partial charge in [-0.15, -0.1) is 0 Å². The number of rotatable bonds is 5. The third kappa shape index (κ3) is 3.79. The van der Waals surface area contributed by atoms with Crippen LogP contribution in [0.15, 0.2) is 52.9 Å². The summed E-state index contributed by atoms with van der Waals surface area (Å²) in [5.74, 6) is 1.04. The number of aryl methyl sites for hydroxylation is 1. The predicted octanol–water partition coefficient (Wildman–Crippen LogP) is 4.72. The molecule has 7 nitrogen and oxygen atoms in total. The van der Waals surface area contributed by atoms with Crippen molar-refractivity contribution in [3.63, 3.8) is 0 Å². The Bertz CT molecular complexity index is 1140. The van der Waals surface area contributed by atoms with Crippen LogP contribution in [0, 0.1) is 6.92 Å². The number of piperidine rings is 1. The fourth-order valence-corrected chi connectivity index (χ4v) is 5.18. The van der Waals surface area contributed by atoms with Gasteiger partial charge in [0.1, 0.15) is 23.7 Å². The van der Waals surface area contributed by atoms with Crippen molar-refractivity contribution in [3.05, 3.63) is 65.4 Å². The van der Waals surface area contributed by atoms with E-state index in [1.807, 2.05) is 48.5 Å². The van der Waals surface area contributed by atoms with E-state index < -0.39 is 6.09 Å². The van der Waals surface area contributed by atoms with Gasteiger partial charge in [0, 0.05) is 23.5 Å². The van der Waals surface area contributed by atoms with Crippen LogP contribution in [0.25, 0.3) is 11.0 Å². The van der Waals surface area contributed by atoms with E-state index in [1.165, 1.54) is 0 Å². The molecule has 0 saturated carbocycles. The monoisotopic (exact) mass is 434 g/mol. The summed E-state index contributed by atoms with van der Waals surface area (Å²) in [5.41, 5.74) is 2.22. The Balaban J connectivity index is 1.32. The molecular formula is C25H26N2O5. The average Bonchev–Trinajstić information content (AvgIpc) is 3.25. The van der Waals surface area contributed by atoms with Crippen molar-refractivity contribution in [3.8, 4) is 5.75 Å². The van der Waals surface area contributed by atoms with Crippen molar-refractivity contribution in [2.75, 3.05) is 0 Å². The summed E-state index contributed by atoms with van der Waals surface area (Å²) >= 11 is 0. The summed E-state index contributed by atoms with van der Waals surface area (Å²) in [6.45, 7) is 2.23. The summed E-state index contributed by atoms with van der Waals surface area (Å²) in [7, 11) is 0. The first-order valence-corrected chi connectivity index (χ1v) is 11.0. The number of hydrogen-bond acceptors (Lipinski definition) is 4. The Hall–Kier alpha value is -3.48. The highest BCUT2D eigenvalue weighted by Gasteiger charge is 2.43. The molecule has 7 heteroatoms. The zero-order chi connectivity index (χ0) is 22.2. The molecule has 0 aliphatic carbocycles. The molecule has 3 aromatic rings. The molecule has 0 spiro atoms. The lowest BCUT2D eigenvalue weighted by Gasteiger charge is -2.37. The van der Waals surface area contributed by atoms with Crippen molar-refractivity contribution in [2.24, 2.45) is 0 Å². The molecule has 32 heavy (non-hydrogen) atoms. The molecule has 2 saturated heterocycles. The third-order valence-corrected chi connectivity index (χ3v) is 6.60. The minimum absolute atomic E-state index is 0.0169. The number of fused-ring (bicyclic) bond motifs is 3. The lowest BCUT2D eigenvalue weighted by Crippen LogP contribution is -2.52. The normalized spacial score (nSPS) is 22.2. The highest BCUT2D eigenvalue weighted by atomic mass is 16.5. The van der Waals surface area contributed by atoms with Crippen molar-refractivity contribution < 1.29 is 23.8 Å². The molecule has 1 unspecified atom stereocenters. The van der Waals surface area contributed by atoms with E-state index >= 15 is 0 Å². The number of ether oxygens (including phenoxy) is 1. The van der Waals surface area contributed by atoms with Gasteiger partial charge in [-0.25, -0.2) is 4.79 Å². The number of nitrogens with zero attached hydrogens (tertiary/aromatic N) is 1. The standard InChI is InChI=1S/C25H26N2O5/c1-15-23(24(28)26-17-11-18-7-8-19(12-17)27(18)25(29)30)21-13-20(9-10-22(21)32-15)31-14-16-5-3-2-4-6-16/h2-6,9-10,13,17-19H,7-8,11-12,14H2,1H3,(H,26,28)(H,29,30)/t17?,18-,19+. The molecule has 2 aliphatic heterocycles. The minimum Gasteiger partial charge on any atom is -0.489 e. The molecule has 3 heterocycles. The second-order valence-corrected chi connectivity index (χ2v) is 8.68. The van der Waals surface area contributed by atoms with Crippen LogP contribution in [0.2, 0.25) is 0 Å². The van der Waals surface area contributed by atoms with Crippen molar-refractivity contribution in [1.29, 1.82) is 0 Å². The molecule has 2 bridgehead atoms. The smallest absolute Gasteiger partial charge is 0.407 e. The van der Waals surface area contributed by atoms with E-state index in [0.29, 0.717) is 42.1 Å². The van der Waals surface area contributed by atoms with Crippen LogP contribution >= 0.6 is 0 Å². The highest BCUT2D eigenvalue weighted by molar-refractivity contribution is 6.07. The number of carbonyl (C=O) groups is 2. The largest absolute Gasteiger partial charge is 0.489 e. The maximum absolute atomic E-state index is 13.2. The second-order valence-electron chi connectivity index (χ2n) is 8.68. The van der Waals surface area contributed by atoms with Crippen LogP contribution < -0.4 is 10.1 Å². The lowest BCUT2D eigenvalue weighted by molar-refractivity contribution is 0.0810. The summed E-state index contributed by atoms with van der Waals surface area (Å²) in [6, 6.07) is 15.3. The molecular weight excluding hydrogens is 408 g/mol. The van der Waals surface area contributed by atoms with E-state index in [9.17, 15) is 14.7 Å². The first-order chi connectivity index (χ1) is 15.5. The minimum atomic E-state index is -0.859. The predicted molar refractivity (Wildman–Crippen MR) is 119 cm³/mol. The van der Waals surface area contributed by atoms with Gasteiger partial charge in [-0.05, 0) is 56.4 Å². The van der Waals surface area contributed by atoms with E-state index in [2.05, 4.69) is 5.32 Å². The van der Waals surface area contributed by atoms with E-state index in [1.54, 1.807) is 11.8 Å². The first-order valence-electron chi connectivity index (χ1n) is 11.0. The quantitative estimate of drug-likeness (QED) is 0.606. The van der Waals surface area contributed by atoms with Crippen LogP contribution in [0.4, 0.5) is 4.79 Å². The SMILES string of the molecule is Cc1oc2ccc(OCc3ccccc3)cc2c1C(=O)NC1C[C@H]2CC[C@@H](C1)N2C(=O)O. The topological polar surface area (TPSA) is 92.0 Å². The van der Waals surface area contributed by atoms with Gasteiger partial charge in [0.25, 0.3) is 5.91 Å². The van der Waals surface area contributed by atoms with Gasteiger partial charge in [-0.3, -0.25) is 4.79 Å². The molecule has 166 valence electrons. The summed E-state index contributed by atoms with van der Waals surface area (Å²) in [4.78, 5) is 26.3. The Kier molecular flexibility index (Phi) is 5.25. The Morgan fingerprint density at radius 3 is 2.53 bits per heavy atom. The van der Waals surface area contributed by atoms with Crippen LogP contribution in [-0.2, 0) is 6.61 Å². The van der Waals surface area contributed by atoms with E-state index in [0.717, 1.165) is 23.8 Å². The number of carbonyl (C=O) groups excluding carboxylic acids is 1. The van der Waals surface area contributed by atoms with Crippen molar-refractivity contribution >= 4 is 23.0 Å². The number of benzene rings is 2. The van der Waals surface area contributed by atoms with Gasteiger partial charge in [0.2, 0.25) is 0 Å². The number of carboxylic acid groups (broad SMARTS) is 1. The van der Waals surface area contributed by atoms with Gasteiger partial charge in [0.05, 0.1) is 5.56 Å². The number of furan rings is 1. The van der Waals surface area contributed by atoms with Gasteiger partial charge in [0.15, 0.2) is 0 Å². The number of nitrogens with one attached hydrogen (secondary N) is 1. The fraction of sp³-hybridized carbons (Fsp3) is 0.360. The second kappa shape index (κ2) is 8.22. The molecule has 3 atom stereocenters. The van der Waals surface area contributed by atoms with Gasteiger partial charge < -0.3 is 24.5 Å². The van der Waals surface area contributed by atoms with Crippen LogP contribution in [0.3, 0.4) is 0 Å². The molecule has 2 N–H and O–H groups in total. The fourth-order valence-electron chi connectivity index (χ4n) is 5.18. The van der Waals surface area contributed by atoms with Crippen molar-refractivity contribution in [2.45, 2.75) is 57.3 Å². The molecule has 1 aromatic heterocycles. The van der Waals surface area contributed by atoms with Gasteiger partial charge in [-0.1, -0.05) is 30.3 Å². The van der Waals surface area contributed by atoms with E-state index in [4.69, 9.17) is 9.15 Å². The van der Waals surface area contributed by atoms with Crippen LogP contribution in [0.5, 0.6) is 5.75 Å². The Morgan fingerprint density at radius 2 is 1.84 bits per heavy atom. The number of amides is 2. The average molecular weight is 434 g/mol. The Labute approximate surface area is 186 Å². The molecule has 2 aromatic carbocycles. The zero-order valence-corrected chi connectivity index (χ0v) is 17.9. The molecule has 2 amide bonds. The lowest BCUT2D eigenvalue weighted by atomic mass is 9.97. The Morgan fingerprint density at radius 1 is 1.12 bits per heavy atom. The zero-order valence-electron chi connectivity index (χ0n) is 17.9. The maximum atomic E-state index is 13.2. The molecule has 0 radical (unpaired) electrons. The van der Waals surface area contributed by atoms with Crippen molar-refractivity contribution in [1.82, 2.24) is 10.2 Å². The summed E-state index contributed by atoms with van der Waals surface area (Å²) in [5, 5.41) is 13.3. The summed E-state index contributed by atoms with van der Waals surface area (Å²) < 4.78 is 11.8. The number of hydrogen-bond donors (Lipinski definition) is 2. The first kappa shape index (κ1) is 20.4. The summed E-state index contributed by atoms with van der Waals surface area (Å²) in [6.07, 6.45) is 2.16. The van der Waals surface area contributed by atoms with Crippen LogP contribution in [-0.4, -0.2) is 40.1 Å². The van der Waals surface area contributed by atoms with E-state index in [-0.39, 0.29) is 24.0 Å². The highest BCUT2D eigenvalue weighted by Crippen LogP contribution is 2.36. The van der Waals surface area contributed by atoms with Crippen LogP contribution in [0.1, 0.15) is 47.4 Å². The third-order valence-electron chi connectivity index (χ3n) is 6.60. The molecule has 2 aliphatic rings. The maximum Gasteiger partial charge on any atom is 0.407 e. The molecule has 2 fully saturated rings. The molecule has 5 rings (SSSR count). The van der Waals surface area contributed by atoms with Gasteiger partial charge >= 0.3 is 6.09 Å². The van der Waals surface area contributed by atoms with Gasteiger partial charge in [-0.2, -0.15) is 0 Å².